The van der Waals surface area contributed by atoms with Crippen LogP contribution < -0.4 is 5.73 Å². The van der Waals surface area contributed by atoms with Crippen molar-refractivity contribution in [3.63, 3.8) is 0 Å². The second-order valence-electron chi connectivity index (χ2n) is 4.20. The largest absolute Gasteiger partial charge is 0.481 e. The molecule has 0 spiro atoms. The second-order valence-corrected chi connectivity index (χ2v) is 4.20. The number of nitrogens with two attached hydrogens (primary N) is 1. The lowest BCUT2D eigenvalue weighted by Crippen LogP contribution is -2.32. The lowest BCUT2D eigenvalue weighted by atomic mass is 9.99. The molecule has 3 N–H and O–H groups in total. The molecule has 1 aliphatic rings. The van der Waals surface area contributed by atoms with E-state index in [-0.39, 0.29) is 6.42 Å². The first-order valence-corrected chi connectivity index (χ1v) is 5.46. The fraction of sp³-hybridized carbons (Fsp3) is 0.417. The van der Waals surface area contributed by atoms with Crippen LogP contribution in [0.3, 0.4) is 0 Å². The minimum absolute atomic E-state index is 0.206. The van der Waals surface area contributed by atoms with Gasteiger partial charge in [-0.05, 0) is 29.7 Å². The van der Waals surface area contributed by atoms with Crippen LogP contribution in [0.4, 0.5) is 5.69 Å². The molecule has 0 radical (unpaired) electrons. The number of hydrogen-bond donors (Lipinski definition) is 2. The number of nitrogens with zero attached hydrogens (tertiary/aromatic N) is 1. The van der Waals surface area contributed by atoms with E-state index in [0.717, 1.165) is 25.2 Å². The SMILES string of the molecule is Nc1ccc2c(c1)CN(CCC(=O)O)CC2. The van der Waals surface area contributed by atoms with Crippen molar-refractivity contribution in [2.45, 2.75) is 19.4 Å². The number of carbonyl (C=O) groups is 1. The molecule has 0 fully saturated rings. The Morgan fingerprint density at radius 1 is 1.44 bits per heavy atom. The normalized spacial score (nSPS) is 15.8. The van der Waals surface area contributed by atoms with Gasteiger partial charge in [-0.1, -0.05) is 6.07 Å². The zero-order valence-corrected chi connectivity index (χ0v) is 9.15. The molecule has 16 heavy (non-hydrogen) atoms. The molecule has 0 amide bonds. The van der Waals surface area contributed by atoms with E-state index < -0.39 is 5.97 Å². The molecule has 1 aliphatic heterocycles. The monoisotopic (exact) mass is 220 g/mol. The predicted molar refractivity (Wildman–Crippen MR) is 62.1 cm³/mol. The Kier molecular flexibility index (Phi) is 3.10. The Bertz CT molecular complexity index is 404. The zero-order chi connectivity index (χ0) is 11.5. The maximum atomic E-state index is 10.5. The summed E-state index contributed by atoms with van der Waals surface area (Å²) in [7, 11) is 0. The van der Waals surface area contributed by atoms with Crippen LogP contribution in [0.1, 0.15) is 17.5 Å². The van der Waals surface area contributed by atoms with Crippen molar-refractivity contribution < 1.29 is 9.90 Å². The molecule has 0 bridgehead atoms. The van der Waals surface area contributed by atoms with Gasteiger partial charge in [0.25, 0.3) is 0 Å². The second kappa shape index (κ2) is 4.53. The molecule has 0 aromatic heterocycles. The third-order valence-electron chi connectivity index (χ3n) is 2.96. The molecule has 0 saturated carbocycles. The van der Waals surface area contributed by atoms with Gasteiger partial charge in [-0.2, -0.15) is 0 Å². The summed E-state index contributed by atoms with van der Waals surface area (Å²) < 4.78 is 0. The molecule has 1 aromatic carbocycles. The van der Waals surface area contributed by atoms with Crippen molar-refractivity contribution in [3.8, 4) is 0 Å². The minimum atomic E-state index is -0.738. The number of carboxylic acids is 1. The van der Waals surface area contributed by atoms with Gasteiger partial charge in [0.05, 0.1) is 6.42 Å². The first-order chi connectivity index (χ1) is 7.65. The van der Waals surface area contributed by atoms with Gasteiger partial charge in [-0.15, -0.1) is 0 Å². The average molecular weight is 220 g/mol. The molecule has 2 rings (SSSR count). The summed E-state index contributed by atoms with van der Waals surface area (Å²) in [4.78, 5) is 12.7. The molecule has 0 aliphatic carbocycles. The first kappa shape index (κ1) is 11.0. The first-order valence-electron chi connectivity index (χ1n) is 5.46. The van der Waals surface area contributed by atoms with Gasteiger partial charge in [0.15, 0.2) is 0 Å². The van der Waals surface area contributed by atoms with Crippen molar-refractivity contribution in [2.75, 3.05) is 18.8 Å². The van der Waals surface area contributed by atoms with Crippen molar-refractivity contribution in [2.24, 2.45) is 0 Å². The maximum Gasteiger partial charge on any atom is 0.304 e. The Labute approximate surface area is 94.7 Å². The van der Waals surface area contributed by atoms with Crippen LogP contribution in [0.5, 0.6) is 0 Å². The van der Waals surface area contributed by atoms with Crippen molar-refractivity contribution in [1.29, 1.82) is 0 Å². The van der Waals surface area contributed by atoms with E-state index in [4.69, 9.17) is 10.8 Å². The van der Waals surface area contributed by atoms with Crippen LogP contribution in [0.15, 0.2) is 18.2 Å². The van der Waals surface area contributed by atoms with Gasteiger partial charge in [0.2, 0.25) is 0 Å². The Hall–Kier alpha value is -1.55. The highest BCUT2D eigenvalue weighted by Crippen LogP contribution is 2.21. The van der Waals surface area contributed by atoms with Crippen LogP contribution >= 0.6 is 0 Å². The molecule has 86 valence electrons. The molecular weight excluding hydrogens is 204 g/mol. The van der Waals surface area contributed by atoms with E-state index in [1.807, 2.05) is 12.1 Å². The van der Waals surface area contributed by atoms with Gasteiger partial charge in [-0.3, -0.25) is 9.69 Å². The number of hydrogen-bond acceptors (Lipinski definition) is 3. The Morgan fingerprint density at radius 2 is 2.25 bits per heavy atom. The number of carboxylic acid groups (broad SMARTS) is 1. The summed E-state index contributed by atoms with van der Waals surface area (Å²) in [6.45, 7) is 2.36. The number of aliphatic carboxylic acids is 1. The zero-order valence-electron chi connectivity index (χ0n) is 9.15. The third kappa shape index (κ3) is 2.52. The van der Waals surface area contributed by atoms with Crippen LogP contribution in [-0.4, -0.2) is 29.1 Å². The number of rotatable bonds is 3. The Morgan fingerprint density at radius 3 is 3.00 bits per heavy atom. The predicted octanol–water partition coefficient (Wildman–Crippen LogP) is 1.10. The summed E-state index contributed by atoms with van der Waals surface area (Å²) in [6, 6.07) is 5.98. The fourth-order valence-corrected chi connectivity index (χ4v) is 2.08. The number of benzene rings is 1. The summed E-state index contributed by atoms with van der Waals surface area (Å²) >= 11 is 0. The van der Waals surface area contributed by atoms with Crippen molar-refractivity contribution >= 4 is 11.7 Å². The molecule has 1 heterocycles. The lowest BCUT2D eigenvalue weighted by Gasteiger charge is -2.28. The van der Waals surface area contributed by atoms with Crippen LogP contribution in [0, 0.1) is 0 Å². The van der Waals surface area contributed by atoms with Crippen LogP contribution in [-0.2, 0) is 17.8 Å². The van der Waals surface area contributed by atoms with Gasteiger partial charge >= 0.3 is 5.97 Å². The smallest absolute Gasteiger partial charge is 0.304 e. The van der Waals surface area contributed by atoms with E-state index in [1.54, 1.807) is 0 Å². The summed E-state index contributed by atoms with van der Waals surface area (Å²) in [6.07, 6.45) is 1.19. The van der Waals surface area contributed by atoms with Gasteiger partial charge in [-0.25, -0.2) is 0 Å². The van der Waals surface area contributed by atoms with E-state index in [0.29, 0.717) is 6.54 Å². The molecule has 4 nitrogen and oxygen atoms in total. The van der Waals surface area contributed by atoms with Crippen LogP contribution in [0.25, 0.3) is 0 Å². The highest BCUT2D eigenvalue weighted by atomic mass is 16.4. The molecule has 1 aromatic rings. The molecule has 0 unspecified atom stereocenters. The average Bonchev–Trinajstić information content (AvgIpc) is 2.25. The van der Waals surface area contributed by atoms with Gasteiger partial charge in [0.1, 0.15) is 0 Å². The van der Waals surface area contributed by atoms with E-state index in [9.17, 15) is 4.79 Å². The number of nitrogen functional groups attached to an aromatic ring is 1. The summed E-state index contributed by atoms with van der Waals surface area (Å²) in [5, 5.41) is 8.64. The van der Waals surface area contributed by atoms with Gasteiger partial charge < -0.3 is 10.8 Å². The van der Waals surface area contributed by atoms with E-state index >= 15 is 0 Å². The lowest BCUT2D eigenvalue weighted by molar-refractivity contribution is -0.137. The highest BCUT2D eigenvalue weighted by molar-refractivity contribution is 5.66. The topological polar surface area (TPSA) is 66.6 Å². The Balaban J connectivity index is 2.02. The molecule has 4 heteroatoms. The third-order valence-corrected chi connectivity index (χ3v) is 2.96. The fourth-order valence-electron chi connectivity index (χ4n) is 2.08. The quantitative estimate of drug-likeness (QED) is 0.749. The van der Waals surface area contributed by atoms with Crippen LogP contribution in [0.2, 0.25) is 0 Å². The highest BCUT2D eigenvalue weighted by Gasteiger charge is 2.16. The number of fused-ring (bicyclic) bond motifs is 1. The summed E-state index contributed by atoms with van der Waals surface area (Å²) in [5.74, 6) is -0.738. The number of anilines is 1. The van der Waals surface area contributed by atoms with E-state index in [2.05, 4.69) is 11.0 Å². The van der Waals surface area contributed by atoms with Crippen molar-refractivity contribution in [1.82, 2.24) is 4.90 Å². The van der Waals surface area contributed by atoms with Gasteiger partial charge in [0, 0.05) is 25.3 Å². The molecule has 0 atom stereocenters. The summed E-state index contributed by atoms with van der Waals surface area (Å²) in [5.41, 5.74) is 9.08. The molecular formula is C12H16N2O2. The van der Waals surface area contributed by atoms with E-state index in [1.165, 1.54) is 11.1 Å². The standard InChI is InChI=1S/C12H16N2O2/c13-11-2-1-9-3-5-14(6-4-12(15)16)8-10(9)7-11/h1-2,7H,3-6,8,13H2,(H,15,16). The minimum Gasteiger partial charge on any atom is -0.481 e. The van der Waals surface area contributed by atoms with Crippen molar-refractivity contribution in [3.05, 3.63) is 29.3 Å². The molecule has 0 saturated heterocycles. The maximum absolute atomic E-state index is 10.5.